The molecule has 0 amide bonds. The Bertz CT molecular complexity index is 421. The van der Waals surface area contributed by atoms with Crippen LogP contribution in [-0.2, 0) is 11.3 Å². The molecule has 1 aliphatic rings. The van der Waals surface area contributed by atoms with Crippen molar-refractivity contribution < 1.29 is 4.74 Å². The second kappa shape index (κ2) is 7.38. The van der Waals surface area contributed by atoms with Gasteiger partial charge in [0.05, 0.1) is 18.4 Å². The van der Waals surface area contributed by atoms with E-state index in [-0.39, 0.29) is 0 Å². The Morgan fingerprint density at radius 3 is 2.95 bits per heavy atom. The summed E-state index contributed by atoms with van der Waals surface area (Å²) >= 11 is 1.85. The maximum Gasteiger partial charge on any atom is 0.186 e. The topological polar surface area (TPSA) is 37.4 Å². The molecule has 1 aliphatic heterocycles. The molecule has 0 radical (unpaired) electrons. The van der Waals surface area contributed by atoms with E-state index in [9.17, 15) is 0 Å². The molecule has 20 heavy (non-hydrogen) atoms. The highest BCUT2D eigenvalue weighted by Crippen LogP contribution is 2.32. The number of aromatic nitrogens is 1. The van der Waals surface area contributed by atoms with E-state index in [2.05, 4.69) is 37.9 Å². The SMILES string of the molecule is CCNCc1sc(N2CCOC(C)C2)nc1C(C)CC. The average molecular weight is 297 g/mol. The van der Waals surface area contributed by atoms with Gasteiger partial charge in [-0.3, -0.25) is 0 Å². The molecule has 2 heterocycles. The first-order valence-electron chi connectivity index (χ1n) is 7.72. The van der Waals surface area contributed by atoms with Gasteiger partial charge < -0.3 is 15.0 Å². The number of nitrogens with zero attached hydrogens (tertiary/aromatic N) is 2. The minimum Gasteiger partial charge on any atom is -0.375 e. The van der Waals surface area contributed by atoms with Crippen LogP contribution in [-0.4, -0.2) is 37.3 Å². The summed E-state index contributed by atoms with van der Waals surface area (Å²) in [6.07, 6.45) is 1.44. The molecule has 0 aromatic carbocycles. The zero-order valence-electron chi connectivity index (χ0n) is 13.1. The fourth-order valence-electron chi connectivity index (χ4n) is 2.42. The molecular weight excluding hydrogens is 270 g/mol. The number of hydrogen-bond acceptors (Lipinski definition) is 5. The lowest BCUT2D eigenvalue weighted by molar-refractivity contribution is 0.0532. The van der Waals surface area contributed by atoms with Crippen molar-refractivity contribution in [2.45, 2.75) is 52.7 Å². The van der Waals surface area contributed by atoms with Crippen LogP contribution in [0.4, 0.5) is 5.13 Å². The lowest BCUT2D eigenvalue weighted by atomic mass is 10.0. The predicted molar refractivity (Wildman–Crippen MR) is 85.8 cm³/mol. The summed E-state index contributed by atoms with van der Waals surface area (Å²) in [5.41, 5.74) is 1.28. The Kier molecular flexibility index (Phi) is 5.81. The molecule has 4 nitrogen and oxygen atoms in total. The zero-order valence-corrected chi connectivity index (χ0v) is 13.9. The van der Waals surface area contributed by atoms with Gasteiger partial charge in [-0.25, -0.2) is 4.98 Å². The van der Waals surface area contributed by atoms with Crippen molar-refractivity contribution in [1.82, 2.24) is 10.3 Å². The Balaban J connectivity index is 2.18. The quantitative estimate of drug-likeness (QED) is 0.876. The van der Waals surface area contributed by atoms with Crippen LogP contribution in [0.15, 0.2) is 0 Å². The fraction of sp³-hybridized carbons (Fsp3) is 0.800. The largest absolute Gasteiger partial charge is 0.375 e. The summed E-state index contributed by atoms with van der Waals surface area (Å²) in [6, 6.07) is 0. The number of rotatable bonds is 6. The molecule has 0 aliphatic carbocycles. The van der Waals surface area contributed by atoms with Gasteiger partial charge >= 0.3 is 0 Å². The van der Waals surface area contributed by atoms with Gasteiger partial charge in [-0.2, -0.15) is 0 Å². The van der Waals surface area contributed by atoms with Gasteiger partial charge in [0.2, 0.25) is 0 Å². The molecule has 2 atom stereocenters. The molecule has 1 saturated heterocycles. The van der Waals surface area contributed by atoms with E-state index < -0.39 is 0 Å². The molecule has 0 bridgehead atoms. The summed E-state index contributed by atoms with van der Waals surface area (Å²) in [6.45, 7) is 13.4. The van der Waals surface area contributed by atoms with E-state index in [1.807, 2.05) is 11.3 Å². The first-order chi connectivity index (χ1) is 9.65. The average Bonchev–Trinajstić information content (AvgIpc) is 2.88. The van der Waals surface area contributed by atoms with Crippen LogP contribution in [0.25, 0.3) is 0 Å². The van der Waals surface area contributed by atoms with Crippen molar-refractivity contribution in [2.24, 2.45) is 0 Å². The molecule has 2 rings (SSSR count). The van der Waals surface area contributed by atoms with E-state index in [1.54, 1.807) is 0 Å². The Morgan fingerprint density at radius 1 is 1.50 bits per heavy atom. The van der Waals surface area contributed by atoms with Crippen LogP contribution < -0.4 is 10.2 Å². The number of morpholine rings is 1. The maximum absolute atomic E-state index is 5.62. The van der Waals surface area contributed by atoms with Crippen LogP contribution in [0.1, 0.15) is 50.6 Å². The van der Waals surface area contributed by atoms with E-state index in [0.29, 0.717) is 12.0 Å². The standard InChI is InChI=1S/C15H27N3OS/c1-5-11(3)14-13(9-16-6-2)20-15(17-14)18-7-8-19-12(4)10-18/h11-12,16H,5-10H2,1-4H3. The Morgan fingerprint density at radius 2 is 2.30 bits per heavy atom. The summed E-state index contributed by atoms with van der Waals surface area (Å²) in [7, 11) is 0. The molecule has 1 aromatic rings. The highest BCUT2D eigenvalue weighted by atomic mass is 32.1. The molecule has 0 spiro atoms. The molecule has 1 fully saturated rings. The number of nitrogens with one attached hydrogen (secondary N) is 1. The first kappa shape index (κ1) is 15.7. The Labute approximate surface area is 126 Å². The van der Waals surface area contributed by atoms with Crippen molar-refractivity contribution in [2.75, 3.05) is 31.1 Å². The summed E-state index contributed by atoms with van der Waals surface area (Å²) < 4.78 is 5.62. The smallest absolute Gasteiger partial charge is 0.186 e. The van der Waals surface area contributed by atoms with E-state index in [0.717, 1.165) is 39.2 Å². The predicted octanol–water partition coefficient (Wildman–Crippen LogP) is 2.99. The van der Waals surface area contributed by atoms with Gasteiger partial charge in [-0.1, -0.05) is 20.8 Å². The second-order valence-corrected chi connectivity index (χ2v) is 6.58. The zero-order chi connectivity index (χ0) is 14.5. The van der Waals surface area contributed by atoms with Gasteiger partial charge in [0, 0.05) is 24.5 Å². The molecule has 1 N–H and O–H groups in total. The first-order valence-corrected chi connectivity index (χ1v) is 8.54. The molecular formula is C15H27N3OS. The normalized spacial score (nSPS) is 21.2. The maximum atomic E-state index is 5.62. The second-order valence-electron chi connectivity index (χ2n) is 5.52. The Hall–Kier alpha value is -0.650. The third-order valence-corrected chi connectivity index (χ3v) is 4.97. The number of ether oxygens (including phenoxy) is 1. The van der Waals surface area contributed by atoms with Crippen LogP contribution in [0.2, 0.25) is 0 Å². The highest BCUT2D eigenvalue weighted by Gasteiger charge is 2.23. The number of thiazole rings is 1. The van der Waals surface area contributed by atoms with Crippen LogP contribution in [0.3, 0.4) is 0 Å². The summed E-state index contributed by atoms with van der Waals surface area (Å²) in [4.78, 5) is 8.71. The lowest BCUT2D eigenvalue weighted by Crippen LogP contribution is -2.41. The molecule has 5 heteroatoms. The van der Waals surface area contributed by atoms with Crippen molar-refractivity contribution in [3.8, 4) is 0 Å². The number of hydrogen-bond donors (Lipinski definition) is 1. The monoisotopic (exact) mass is 297 g/mol. The van der Waals surface area contributed by atoms with Gasteiger partial charge in [-0.15, -0.1) is 11.3 Å². The minimum absolute atomic E-state index is 0.303. The van der Waals surface area contributed by atoms with Gasteiger partial charge in [0.1, 0.15) is 0 Å². The minimum atomic E-state index is 0.303. The molecule has 2 unspecified atom stereocenters. The number of anilines is 1. The summed E-state index contributed by atoms with van der Waals surface area (Å²) in [5.74, 6) is 0.534. The van der Waals surface area contributed by atoms with Crippen LogP contribution >= 0.6 is 11.3 Å². The van der Waals surface area contributed by atoms with E-state index in [1.165, 1.54) is 15.7 Å². The van der Waals surface area contributed by atoms with E-state index in [4.69, 9.17) is 9.72 Å². The van der Waals surface area contributed by atoms with Crippen molar-refractivity contribution in [3.05, 3.63) is 10.6 Å². The van der Waals surface area contributed by atoms with Gasteiger partial charge in [0.15, 0.2) is 5.13 Å². The van der Waals surface area contributed by atoms with Crippen LogP contribution in [0, 0.1) is 0 Å². The lowest BCUT2D eigenvalue weighted by Gasteiger charge is -2.30. The molecule has 0 saturated carbocycles. The van der Waals surface area contributed by atoms with Gasteiger partial charge in [-0.05, 0) is 25.8 Å². The molecule has 1 aromatic heterocycles. The molecule has 114 valence electrons. The van der Waals surface area contributed by atoms with E-state index >= 15 is 0 Å². The van der Waals surface area contributed by atoms with Gasteiger partial charge in [0.25, 0.3) is 0 Å². The third kappa shape index (κ3) is 3.71. The van der Waals surface area contributed by atoms with Crippen molar-refractivity contribution in [3.63, 3.8) is 0 Å². The van der Waals surface area contributed by atoms with Crippen molar-refractivity contribution in [1.29, 1.82) is 0 Å². The third-order valence-electron chi connectivity index (χ3n) is 3.84. The highest BCUT2D eigenvalue weighted by molar-refractivity contribution is 7.15. The van der Waals surface area contributed by atoms with Crippen molar-refractivity contribution >= 4 is 16.5 Å². The van der Waals surface area contributed by atoms with Crippen LogP contribution in [0.5, 0.6) is 0 Å². The fourth-order valence-corrected chi connectivity index (χ4v) is 3.61. The summed E-state index contributed by atoms with van der Waals surface area (Å²) in [5, 5.41) is 4.61.